The van der Waals surface area contributed by atoms with Crippen molar-refractivity contribution in [1.82, 2.24) is 14.9 Å². The van der Waals surface area contributed by atoms with Gasteiger partial charge < -0.3 is 19.4 Å². The number of hydrogen-bond donors (Lipinski definition) is 1. The van der Waals surface area contributed by atoms with Crippen LogP contribution in [0, 0.1) is 0 Å². The maximum Gasteiger partial charge on any atom is 0.408 e. The summed E-state index contributed by atoms with van der Waals surface area (Å²) in [7, 11) is 0. The number of alkyl carbamates (subject to hydrolysis) is 1. The largest absolute Gasteiger partial charge is 0.444 e. The van der Waals surface area contributed by atoms with E-state index < -0.39 is 11.7 Å². The van der Waals surface area contributed by atoms with E-state index in [4.69, 9.17) is 9.47 Å². The Morgan fingerprint density at radius 2 is 2.38 bits per heavy atom. The predicted molar refractivity (Wildman–Crippen MR) is 79.0 cm³/mol. The minimum absolute atomic E-state index is 0.163. The van der Waals surface area contributed by atoms with Gasteiger partial charge in [-0.2, -0.15) is 0 Å². The second-order valence-electron chi connectivity index (χ2n) is 6.47. The lowest BCUT2D eigenvalue weighted by molar-refractivity contribution is 0.0505. The van der Waals surface area contributed by atoms with Gasteiger partial charge in [-0.3, -0.25) is 0 Å². The molecule has 2 atom stereocenters. The molecule has 1 aromatic rings. The highest BCUT2D eigenvalue weighted by Gasteiger charge is 2.22. The fourth-order valence-electron chi connectivity index (χ4n) is 2.41. The minimum atomic E-state index is -0.498. The Labute approximate surface area is 125 Å². The smallest absolute Gasteiger partial charge is 0.408 e. The maximum absolute atomic E-state index is 11.8. The summed E-state index contributed by atoms with van der Waals surface area (Å²) in [5, 5.41) is 2.84. The molecule has 6 nitrogen and oxygen atoms in total. The van der Waals surface area contributed by atoms with Crippen molar-refractivity contribution >= 4 is 6.09 Å². The van der Waals surface area contributed by atoms with Crippen LogP contribution in [-0.4, -0.2) is 34.0 Å². The van der Waals surface area contributed by atoms with E-state index in [1.807, 2.05) is 32.3 Å². The molecule has 1 aliphatic heterocycles. The van der Waals surface area contributed by atoms with Gasteiger partial charge in [0, 0.05) is 6.61 Å². The van der Waals surface area contributed by atoms with Crippen LogP contribution in [0.15, 0.2) is 12.5 Å². The molecule has 1 N–H and O–H groups in total. The third-order valence-electron chi connectivity index (χ3n) is 3.35. The highest BCUT2D eigenvalue weighted by atomic mass is 16.6. The monoisotopic (exact) mass is 295 g/mol. The van der Waals surface area contributed by atoms with Gasteiger partial charge in [-0.1, -0.05) is 0 Å². The topological polar surface area (TPSA) is 65.4 Å². The normalized spacial score (nSPS) is 20.3. The first kappa shape index (κ1) is 15.8. The summed E-state index contributed by atoms with van der Waals surface area (Å²) in [5.74, 6) is 0. The first-order valence-corrected chi connectivity index (χ1v) is 7.46. The molecular formula is C15H25N3O3. The van der Waals surface area contributed by atoms with Crippen molar-refractivity contribution in [3.05, 3.63) is 18.2 Å². The zero-order valence-electron chi connectivity index (χ0n) is 13.3. The molecule has 2 heterocycles. The summed E-state index contributed by atoms with van der Waals surface area (Å²) < 4.78 is 13.0. The molecule has 0 aromatic carbocycles. The molecule has 0 aliphatic carbocycles. The molecule has 2 rings (SSSR count). The highest BCUT2D eigenvalue weighted by Crippen LogP contribution is 2.18. The van der Waals surface area contributed by atoms with E-state index in [0.717, 1.165) is 31.7 Å². The number of carbonyl (C=O) groups is 1. The number of imidazole rings is 1. The number of hydrogen-bond acceptors (Lipinski definition) is 4. The Morgan fingerprint density at radius 3 is 3.00 bits per heavy atom. The maximum atomic E-state index is 11.8. The summed E-state index contributed by atoms with van der Waals surface area (Å²) >= 11 is 0. The summed E-state index contributed by atoms with van der Waals surface area (Å²) in [6.07, 6.45) is 5.57. The molecule has 6 heteroatoms. The molecule has 0 bridgehead atoms. The second kappa shape index (κ2) is 6.47. The van der Waals surface area contributed by atoms with E-state index in [0.29, 0.717) is 0 Å². The number of rotatable bonds is 4. The van der Waals surface area contributed by atoms with E-state index in [1.165, 1.54) is 0 Å². The van der Waals surface area contributed by atoms with Crippen molar-refractivity contribution in [1.29, 1.82) is 0 Å². The first-order chi connectivity index (χ1) is 9.85. The van der Waals surface area contributed by atoms with Gasteiger partial charge in [0.15, 0.2) is 0 Å². The summed E-state index contributed by atoms with van der Waals surface area (Å²) in [6.45, 7) is 9.07. The zero-order chi connectivity index (χ0) is 15.5. The number of nitrogens with one attached hydrogen (secondary N) is 1. The van der Waals surface area contributed by atoms with Crippen molar-refractivity contribution in [2.45, 2.75) is 64.8 Å². The van der Waals surface area contributed by atoms with Crippen molar-refractivity contribution in [2.24, 2.45) is 0 Å². The van der Waals surface area contributed by atoms with Crippen molar-refractivity contribution < 1.29 is 14.3 Å². The average molecular weight is 295 g/mol. The van der Waals surface area contributed by atoms with Crippen LogP contribution < -0.4 is 5.32 Å². The number of amides is 1. The molecule has 118 valence electrons. The zero-order valence-corrected chi connectivity index (χ0v) is 13.3. The number of nitrogens with zero attached hydrogens (tertiary/aromatic N) is 2. The van der Waals surface area contributed by atoms with Gasteiger partial charge in [0.1, 0.15) is 5.60 Å². The van der Waals surface area contributed by atoms with E-state index in [1.54, 1.807) is 12.5 Å². The van der Waals surface area contributed by atoms with Gasteiger partial charge in [0.05, 0.1) is 36.9 Å². The number of carbonyl (C=O) groups excluding carboxylic acids is 1. The molecule has 1 amide bonds. The van der Waals surface area contributed by atoms with Crippen LogP contribution in [0.3, 0.4) is 0 Å². The molecular weight excluding hydrogens is 270 g/mol. The van der Waals surface area contributed by atoms with E-state index >= 15 is 0 Å². The Balaban J connectivity index is 1.94. The third-order valence-corrected chi connectivity index (χ3v) is 3.35. The lowest BCUT2D eigenvalue weighted by atomic mass is 10.2. The molecule has 1 saturated heterocycles. The van der Waals surface area contributed by atoms with E-state index in [9.17, 15) is 4.79 Å². The molecule has 1 aliphatic rings. The van der Waals surface area contributed by atoms with Crippen LogP contribution >= 0.6 is 0 Å². The van der Waals surface area contributed by atoms with Crippen LogP contribution in [0.4, 0.5) is 4.79 Å². The number of ether oxygens (including phenoxy) is 2. The van der Waals surface area contributed by atoms with Gasteiger partial charge in [0.25, 0.3) is 0 Å². The fraction of sp³-hybridized carbons (Fsp3) is 0.733. The predicted octanol–water partition coefficient (Wildman–Crippen LogP) is 2.65. The molecule has 0 radical (unpaired) electrons. The third kappa shape index (κ3) is 4.74. The molecule has 1 fully saturated rings. The van der Waals surface area contributed by atoms with Gasteiger partial charge in [-0.15, -0.1) is 0 Å². The SMILES string of the molecule is CC(NC(=O)OC(C)(C)C)c1cncn1CC1CCCO1. The fourth-order valence-corrected chi connectivity index (χ4v) is 2.41. The van der Waals surface area contributed by atoms with Crippen molar-refractivity contribution in [3.8, 4) is 0 Å². The summed E-state index contributed by atoms with van der Waals surface area (Å²) in [5.41, 5.74) is 0.457. The molecule has 2 unspecified atom stereocenters. The summed E-state index contributed by atoms with van der Waals surface area (Å²) in [4.78, 5) is 16.0. The van der Waals surface area contributed by atoms with E-state index in [2.05, 4.69) is 10.3 Å². The molecule has 0 spiro atoms. The lowest BCUT2D eigenvalue weighted by Gasteiger charge is -2.23. The Bertz CT molecular complexity index is 473. The highest BCUT2D eigenvalue weighted by molar-refractivity contribution is 5.68. The molecule has 0 saturated carbocycles. The van der Waals surface area contributed by atoms with Crippen molar-refractivity contribution in [3.63, 3.8) is 0 Å². The van der Waals surface area contributed by atoms with Crippen molar-refractivity contribution in [2.75, 3.05) is 6.61 Å². The second-order valence-corrected chi connectivity index (χ2v) is 6.47. The van der Waals surface area contributed by atoms with Gasteiger partial charge in [-0.25, -0.2) is 9.78 Å². The van der Waals surface area contributed by atoms with Crippen LogP contribution in [0.5, 0.6) is 0 Å². The Hall–Kier alpha value is -1.56. The van der Waals surface area contributed by atoms with E-state index in [-0.39, 0.29) is 12.1 Å². The summed E-state index contributed by atoms with van der Waals surface area (Å²) in [6, 6.07) is -0.163. The average Bonchev–Trinajstić information content (AvgIpc) is 2.97. The quantitative estimate of drug-likeness (QED) is 0.927. The van der Waals surface area contributed by atoms with Crippen LogP contribution in [-0.2, 0) is 16.0 Å². The van der Waals surface area contributed by atoms with Crippen LogP contribution in [0.2, 0.25) is 0 Å². The lowest BCUT2D eigenvalue weighted by Crippen LogP contribution is -2.34. The first-order valence-electron chi connectivity index (χ1n) is 7.46. The Morgan fingerprint density at radius 1 is 1.62 bits per heavy atom. The van der Waals surface area contributed by atoms with Gasteiger partial charge >= 0.3 is 6.09 Å². The van der Waals surface area contributed by atoms with Crippen LogP contribution in [0.25, 0.3) is 0 Å². The van der Waals surface area contributed by atoms with Crippen LogP contribution in [0.1, 0.15) is 52.3 Å². The standard InChI is InChI=1S/C15H25N3O3/c1-11(17-14(19)21-15(2,3)4)13-8-16-10-18(13)9-12-6-5-7-20-12/h8,10-12H,5-7,9H2,1-4H3,(H,17,19). The van der Waals surface area contributed by atoms with Gasteiger partial charge in [-0.05, 0) is 40.5 Å². The molecule has 1 aromatic heterocycles. The number of aromatic nitrogens is 2. The molecule has 21 heavy (non-hydrogen) atoms. The van der Waals surface area contributed by atoms with Gasteiger partial charge in [0.2, 0.25) is 0 Å². The minimum Gasteiger partial charge on any atom is -0.444 e. The Kier molecular flexibility index (Phi) is 4.88.